The summed E-state index contributed by atoms with van der Waals surface area (Å²) in [5.41, 5.74) is 0.642. The van der Waals surface area contributed by atoms with Gasteiger partial charge in [0.15, 0.2) is 0 Å². The van der Waals surface area contributed by atoms with E-state index < -0.39 is 6.09 Å². The van der Waals surface area contributed by atoms with Gasteiger partial charge >= 0.3 is 6.09 Å². The highest BCUT2D eigenvalue weighted by Gasteiger charge is 2.18. The highest BCUT2D eigenvalue weighted by Crippen LogP contribution is 2.15. The quantitative estimate of drug-likeness (QED) is 0.834. The Hall–Kier alpha value is -1.26. The molecule has 1 unspecified atom stereocenters. The first-order valence-corrected chi connectivity index (χ1v) is 5.56. The van der Waals surface area contributed by atoms with E-state index in [4.69, 9.17) is 16.3 Å². The third kappa shape index (κ3) is 3.12. The van der Waals surface area contributed by atoms with E-state index in [0.717, 1.165) is 19.5 Å². The fraction of sp³-hybridized carbons (Fsp3) is 0.364. The van der Waals surface area contributed by atoms with Gasteiger partial charge in [0.2, 0.25) is 0 Å². The SMILES string of the molecule is O=C(Nc1cccc(Cl)c1)OC1CCNC1. The molecule has 2 rings (SSSR count). The van der Waals surface area contributed by atoms with Crippen LogP contribution >= 0.6 is 11.6 Å². The summed E-state index contributed by atoms with van der Waals surface area (Å²) in [6, 6.07) is 6.96. The molecule has 1 aromatic rings. The molecule has 5 heteroatoms. The van der Waals surface area contributed by atoms with Gasteiger partial charge in [-0.1, -0.05) is 17.7 Å². The summed E-state index contributed by atoms with van der Waals surface area (Å²) < 4.78 is 5.20. The highest BCUT2D eigenvalue weighted by atomic mass is 35.5. The first kappa shape index (κ1) is 11.2. The van der Waals surface area contributed by atoms with Crippen molar-refractivity contribution in [3.63, 3.8) is 0 Å². The molecule has 0 aliphatic carbocycles. The van der Waals surface area contributed by atoms with Gasteiger partial charge in [0, 0.05) is 17.3 Å². The lowest BCUT2D eigenvalue weighted by Crippen LogP contribution is -2.24. The minimum Gasteiger partial charge on any atom is -0.445 e. The maximum absolute atomic E-state index is 11.5. The van der Waals surface area contributed by atoms with Crippen LogP contribution in [-0.2, 0) is 4.74 Å². The Morgan fingerprint density at radius 1 is 1.56 bits per heavy atom. The van der Waals surface area contributed by atoms with Gasteiger partial charge in [-0.25, -0.2) is 4.79 Å². The van der Waals surface area contributed by atoms with Crippen LogP contribution in [0, 0.1) is 0 Å². The molecule has 1 fully saturated rings. The van der Waals surface area contributed by atoms with Crippen molar-refractivity contribution in [2.45, 2.75) is 12.5 Å². The Labute approximate surface area is 98.9 Å². The van der Waals surface area contributed by atoms with Gasteiger partial charge < -0.3 is 10.1 Å². The van der Waals surface area contributed by atoms with Crippen molar-refractivity contribution >= 4 is 23.4 Å². The number of ether oxygens (including phenoxy) is 1. The molecule has 16 heavy (non-hydrogen) atoms. The van der Waals surface area contributed by atoms with E-state index in [1.807, 2.05) is 0 Å². The lowest BCUT2D eigenvalue weighted by Gasteiger charge is -2.11. The number of rotatable bonds is 2. The molecular weight excluding hydrogens is 228 g/mol. The number of benzene rings is 1. The molecule has 4 nitrogen and oxygen atoms in total. The van der Waals surface area contributed by atoms with Crippen LogP contribution in [0.3, 0.4) is 0 Å². The smallest absolute Gasteiger partial charge is 0.411 e. The predicted octanol–water partition coefficient (Wildman–Crippen LogP) is 2.25. The van der Waals surface area contributed by atoms with Crippen molar-refractivity contribution in [3.05, 3.63) is 29.3 Å². The Kier molecular flexibility index (Phi) is 3.64. The fourth-order valence-electron chi connectivity index (χ4n) is 1.59. The summed E-state index contributed by atoms with van der Waals surface area (Å²) in [7, 11) is 0. The zero-order valence-electron chi connectivity index (χ0n) is 8.70. The van der Waals surface area contributed by atoms with Crippen LogP contribution < -0.4 is 10.6 Å². The summed E-state index contributed by atoms with van der Waals surface area (Å²) in [6.45, 7) is 1.62. The van der Waals surface area contributed by atoms with Gasteiger partial charge in [-0.3, -0.25) is 5.32 Å². The molecule has 0 radical (unpaired) electrons. The third-order valence-corrected chi connectivity index (χ3v) is 2.59. The second-order valence-electron chi connectivity index (χ2n) is 3.66. The molecule has 1 heterocycles. The van der Waals surface area contributed by atoms with Gasteiger partial charge in [-0.15, -0.1) is 0 Å². The third-order valence-electron chi connectivity index (χ3n) is 2.36. The number of anilines is 1. The topological polar surface area (TPSA) is 50.4 Å². The summed E-state index contributed by atoms with van der Waals surface area (Å²) in [6.07, 6.45) is 0.401. The van der Waals surface area contributed by atoms with E-state index in [9.17, 15) is 4.79 Å². The first-order chi connectivity index (χ1) is 7.74. The molecule has 1 saturated heterocycles. The molecule has 0 bridgehead atoms. The molecule has 1 aromatic carbocycles. The lowest BCUT2D eigenvalue weighted by atomic mass is 10.3. The Bertz CT molecular complexity index is 378. The van der Waals surface area contributed by atoms with Crippen molar-refractivity contribution < 1.29 is 9.53 Å². The van der Waals surface area contributed by atoms with Crippen molar-refractivity contribution in [2.24, 2.45) is 0 Å². The van der Waals surface area contributed by atoms with E-state index in [2.05, 4.69) is 10.6 Å². The molecule has 86 valence electrons. The maximum atomic E-state index is 11.5. The largest absolute Gasteiger partial charge is 0.445 e. The molecule has 0 aromatic heterocycles. The second-order valence-corrected chi connectivity index (χ2v) is 4.09. The van der Waals surface area contributed by atoms with E-state index >= 15 is 0 Å². The highest BCUT2D eigenvalue weighted by molar-refractivity contribution is 6.30. The molecule has 0 saturated carbocycles. The van der Waals surface area contributed by atoms with Crippen LogP contribution in [0.2, 0.25) is 5.02 Å². The van der Waals surface area contributed by atoms with Crippen LogP contribution in [-0.4, -0.2) is 25.3 Å². The summed E-state index contributed by atoms with van der Waals surface area (Å²) in [5.74, 6) is 0. The first-order valence-electron chi connectivity index (χ1n) is 5.18. The van der Waals surface area contributed by atoms with Crippen LogP contribution in [0.15, 0.2) is 24.3 Å². The fourth-order valence-corrected chi connectivity index (χ4v) is 1.78. The summed E-state index contributed by atoms with van der Waals surface area (Å²) in [5, 5.41) is 6.34. The van der Waals surface area contributed by atoms with Crippen molar-refractivity contribution in [3.8, 4) is 0 Å². The average Bonchev–Trinajstić information content (AvgIpc) is 2.70. The van der Waals surface area contributed by atoms with E-state index in [1.165, 1.54) is 0 Å². The number of carbonyl (C=O) groups excluding carboxylic acids is 1. The second kappa shape index (κ2) is 5.18. The number of amides is 1. The molecule has 1 amide bonds. The molecule has 1 atom stereocenters. The normalized spacial score (nSPS) is 19.4. The standard InChI is InChI=1S/C11H13ClN2O2/c12-8-2-1-3-9(6-8)14-11(15)16-10-4-5-13-7-10/h1-3,6,10,13H,4-5,7H2,(H,14,15). The van der Waals surface area contributed by atoms with Crippen LogP contribution in [0.4, 0.5) is 10.5 Å². The summed E-state index contributed by atoms with van der Waals surface area (Å²) in [4.78, 5) is 11.5. The maximum Gasteiger partial charge on any atom is 0.411 e. The zero-order valence-corrected chi connectivity index (χ0v) is 9.46. The number of hydrogen-bond acceptors (Lipinski definition) is 3. The van der Waals surface area contributed by atoms with Gasteiger partial charge in [-0.2, -0.15) is 0 Å². The monoisotopic (exact) mass is 240 g/mol. The van der Waals surface area contributed by atoms with Crippen LogP contribution in [0.25, 0.3) is 0 Å². The van der Waals surface area contributed by atoms with E-state index in [-0.39, 0.29) is 6.10 Å². The minimum absolute atomic E-state index is 0.0285. The molecular formula is C11H13ClN2O2. The molecule has 1 aliphatic heterocycles. The Balaban J connectivity index is 1.86. The van der Waals surface area contributed by atoms with Crippen molar-refractivity contribution in [1.82, 2.24) is 5.32 Å². The minimum atomic E-state index is -0.434. The summed E-state index contributed by atoms with van der Waals surface area (Å²) >= 11 is 5.80. The van der Waals surface area contributed by atoms with Gasteiger partial charge in [-0.05, 0) is 31.2 Å². The van der Waals surface area contributed by atoms with Gasteiger partial charge in [0.05, 0.1) is 0 Å². The van der Waals surface area contributed by atoms with Crippen molar-refractivity contribution in [2.75, 3.05) is 18.4 Å². The average molecular weight is 241 g/mol. The van der Waals surface area contributed by atoms with Gasteiger partial charge in [0.1, 0.15) is 6.10 Å². The number of halogens is 1. The number of hydrogen-bond donors (Lipinski definition) is 2. The molecule has 2 N–H and O–H groups in total. The van der Waals surface area contributed by atoms with E-state index in [0.29, 0.717) is 10.7 Å². The van der Waals surface area contributed by atoms with Crippen molar-refractivity contribution in [1.29, 1.82) is 0 Å². The molecule has 0 spiro atoms. The Morgan fingerprint density at radius 3 is 3.12 bits per heavy atom. The number of nitrogens with one attached hydrogen (secondary N) is 2. The van der Waals surface area contributed by atoms with Crippen LogP contribution in [0.1, 0.15) is 6.42 Å². The number of carbonyl (C=O) groups is 1. The Morgan fingerprint density at radius 2 is 2.44 bits per heavy atom. The zero-order chi connectivity index (χ0) is 11.4. The molecule has 1 aliphatic rings. The van der Waals surface area contributed by atoms with Gasteiger partial charge in [0.25, 0.3) is 0 Å². The lowest BCUT2D eigenvalue weighted by molar-refractivity contribution is 0.121. The van der Waals surface area contributed by atoms with Crippen LogP contribution in [0.5, 0.6) is 0 Å². The predicted molar refractivity (Wildman–Crippen MR) is 62.8 cm³/mol. The van der Waals surface area contributed by atoms with E-state index in [1.54, 1.807) is 24.3 Å².